The van der Waals surface area contributed by atoms with Crippen LogP contribution in [0.25, 0.3) is 0 Å². The van der Waals surface area contributed by atoms with Gasteiger partial charge in [-0.1, -0.05) is 46.1 Å². The zero-order valence-electron chi connectivity index (χ0n) is 13.9. The molecule has 0 bridgehead atoms. The van der Waals surface area contributed by atoms with E-state index in [1.165, 1.54) is 7.11 Å². The predicted molar refractivity (Wildman–Crippen MR) is 85.8 cm³/mol. The van der Waals surface area contributed by atoms with E-state index in [-0.39, 0.29) is 11.2 Å². The van der Waals surface area contributed by atoms with E-state index >= 15 is 0 Å². The maximum Gasteiger partial charge on any atom is 0.314 e. The molecule has 2 rings (SSSR count). The Hall–Kier alpha value is -1.71. The number of aromatic hydroxyl groups is 1. The average Bonchev–Trinajstić information content (AvgIpc) is 2.46. The van der Waals surface area contributed by atoms with Gasteiger partial charge in [-0.3, -0.25) is 4.79 Å². The van der Waals surface area contributed by atoms with E-state index in [1.54, 1.807) is 6.07 Å². The molecule has 1 fully saturated rings. The fourth-order valence-electron chi connectivity index (χ4n) is 3.37. The molecule has 122 valence electrons. The van der Waals surface area contributed by atoms with Crippen LogP contribution in [0.4, 0.5) is 0 Å². The zero-order chi connectivity index (χ0) is 16.5. The van der Waals surface area contributed by atoms with E-state index < -0.39 is 11.4 Å². The van der Waals surface area contributed by atoms with Crippen molar-refractivity contribution in [3.8, 4) is 11.5 Å². The molecule has 0 heterocycles. The SMILES string of the molecule is COc1c(O)cc(C(C)(C)C)cc1C1(C(=O)O)CCCCC1. The van der Waals surface area contributed by atoms with Crippen molar-refractivity contribution in [1.82, 2.24) is 0 Å². The monoisotopic (exact) mass is 306 g/mol. The molecule has 22 heavy (non-hydrogen) atoms. The Balaban J connectivity index is 2.70. The fourth-order valence-corrected chi connectivity index (χ4v) is 3.37. The minimum Gasteiger partial charge on any atom is -0.504 e. The molecule has 4 nitrogen and oxygen atoms in total. The van der Waals surface area contributed by atoms with Crippen LogP contribution >= 0.6 is 0 Å². The summed E-state index contributed by atoms with van der Waals surface area (Å²) in [5, 5.41) is 20.3. The number of methoxy groups -OCH3 is 1. The van der Waals surface area contributed by atoms with Crippen LogP contribution < -0.4 is 4.74 Å². The number of carboxylic acids is 1. The van der Waals surface area contributed by atoms with E-state index in [9.17, 15) is 15.0 Å². The quantitative estimate of drug-likeness (QED) is 0.886. The van der Waals surface area contributed by atoms with E-state index in [1.807, 2.05) is 26.8 Å². The number of carboxylic acid groups (broad SMARTS) is 1. The van der Waals surface area contributed by atoms with Gasteiger partial charge in [0.15, 0.2) is 11.5 Å². The third-order valence-electron chi connectivity index (χ3n) is 4.77. The summed E-state index contributed by atoms with van der Waals surface area (Å²) in [7, 11) is 1.48. The van der Waals surface area contributed by atoms with Crippen molar-refractivity contribution in [2.24, 2.45) is 0 Å². The first-order chi connectivity index (χ1) is 10.2. The number of aliphatic carboxylic acids is 1. The lowest BCUT2D eigenvalue weighted by Gasteiger charge is -2.36. The number of benzene rings is 1. The highest BCUT2D eigenvalue weighted by Gasteiger charge is 2.44. The zero-order valence-corrected chi connectivity index (χ0v) is 13.9. The molecule has 0 aromatic heterocycles. The van der Waals surface area contributed by atoms with E-state index in [2.05, 4.69) is 0 Å². The van der Waals surface area contributed by atoms with Crippen molar-refractivity contribution in [2.45, 2.75) is 63.7 Å². The average molecular weight is 306 g/mol. The van der Waals surface area contributed by atoms with Gasteiger partial charge in [0.25, 0.3) is 0 Å². The Labute approximate surface area is 132 Å². The van der Waals surface area contributed by atoms with Gasteiger partial charge in [-0.25, -0.2) is 0 Å². The Bertz CT molecular complexity index is 563. The highest BCUT2D eigenvalue weighted by Crippen LogP contribution is 2.48. The van der Waals surface area contributed by atoms with E-state index in [0.29, 0.717) is 24.2 Å². The molecule has 0 radical (unpaired) electrons. The highest BCUT2D eigenvalue weighted by atomic mass is 16.5. The predicted octanol–water partition coefficient (Wildman–Crippen LogP) is 3.98. The second kappa shape index (κ2) is 5.82. The van der Waals surface area contributed by atoms with Crippen LogP contribution in [0.3, 0.4) is 0 Å². The van der Waals surface area contributed by atoms with Crippen molar-refractivity contribution in [1.29, 1.82) is 0 Å². The first-order valence-electron chi connectivity index (χ1n) is 7.88. The number of rotatable bonds is 3. The summed E-state index contributed by atoms with van der Waals surface area (Å²) in [6.45, 7) is 6.14. The first kappa shape index (κ1) is 16.7. The van der Waals surface area contributed by atoms with Crippen molar-refractivity contribution < 1.29 is 19.7 Å². The van der Waals surface area contributed by atoms with Gasteiger partial charge < -0.3 is 14.9 Å². The number of phenolic OH excluding ortho intramolecular Hbond substituents is 1. The summed E-state index contributed by atoms with van der Waals surface area (Å²) < 4.78 is 5.36. The molecule has 2 N–H and O–H groups in total. The topological polar surface area (TPSA) is 66.8 Å². The molecule has 4 heteroatoms. The third-order valence-corrected chi connectivity index (χ3v) is 4.77. The van der Waals surface area contributed by atoms with Crippen molar-refractivity contribution >= 4 is 5.97 Å². The molecule has 0 amide bonds. The van der Waals surface area contributed by atoms with E-state index in [4.69, 9.17) is 4.74 Å². The number of phenols is 1. The van der Waals surface area contributed by atoms with Gasteiger partial charge in [-0.05, 0) is 29.9 Å². The van der Waals surface area contributed by atoms with Gasteiger partial charge >= 0.3 is 5.97 Å². The van der Waals surface area contributed by atoms with Crippen molar-refractivity contribution in [3.05, 3.63) is 23.3 Å². The molecule has 1 aromatic carbocycles. The Kier molecular flexibility index (Phi) is 4.41. The number of ether oxygens (including phenoxy) is 1. The first-order valence-corrected chi connectivity index (χ1v) is 7.88. The standard InChI is InChI=1S/C18H26O4/c1-17(2,3)12-10-13(15(22-4)14(19)11-12)18(16(20)21)8-6-5-7-9-18/h10-11,19H,5-9H2,1-4H3,(H,20,21). The number of carbonyl (C=O) groups is 1. The molecule has 0 saturated heterocycles. The molecule has 0 spiro atoms. The van der Waals surface area contributed by atoms with Crippen LogP contribution in [0.2, 0.25) is 0 Å². The lowest BCUT2D eigenvalue weighted by Crippen LogP contribution is -2.38. The van der Waals surface area contributed by atoms with Gasteiger partial charge in [-0.15, -0.1) is 0 Å². The van der Waals surface area contributed by atoms with Crippen LogP contribution in [-0.4, -0.2) is 23.3 Å². The summed E-state index contributed by atoms with van der Waals surface area (Å²) in [6, 6.07) is 3.60. The molecule has 1 aromatic rings. The smallest absolute Gasteiger partial charge is 0.314 e. The van der Waals surface area contributed by atoms with Crippen LogP contribution in [0.1, 0.15) is 64.0 Å². The van der Waals surface area contributed by atoms with Gasteiger partial charge in [0, 0.05) is 5.56 Å². The minimum atomic E-state index is -0.956. The number of hydrogen-bond acceptors (Lipinski definition) is 3. The normalized spacial score (nSPS) is 18.0. The molecular weight excluding hydrogens is 280 g/mol. The van der Waals surface area contributed by atoms with Gasteiger partial charge in [-0.2, -0.15) is 0 Å². The second-order valence-corrected chi connectivity index (χ2v) is 7.27. The molecule has 0 atom stereocenters. The molecule has 1 aliphatic rings. The summed E-state index contributed by atoms with van der Waals surface area (Å²) in [5.74, 6) is -0.496. The minimum absolute atomic E-state index is 0.0242. The van der Waals surface area contributed by atoms with Crippen LogP contribution in [0, 0.1) is 0 Å². The maximum atomic E-state index is 12.1. The molecule has 1 aliphatic carbocycles. The number of hydrogen-bond donors (Lipinski definition) is 2. The largest absolute Gasteiger partial charge is 0.504 e. The van der Waals surface area contributed by atoms with Crippen LogP contribution in [0.5, 0.6) is 11.5 Å². The lowest BCUT2D eigenvalue weighted by molar-refractivity contribution is -0.145. The Morgan fingerprint density at radius 1 is 1.18 bits per heavy atom. The van der Waals surface area contributed by atoms with Crippen LogP contribution in [0.15, 0.2) is 12.1 Å². The third kappa shape index (κ3) is 2.79. The summed E-state index contributed by atoms with van der Waals surface area (Å²) in [4.78, 5) is 12.1. The highest BCUT2D eigenvalue weighted by molar-refractivity contribution is 5.83. The van der Waals surface area contributed by atoms with Gasteiger partial charge in [0.1, 0.15) is 0 Å². The summed E-state index contributed by atoms with van der Waals surface area (Å²) >= 11 is 0. The maximum absolute atomic E-state index is 12.1. The summed E-state index contributed by atoms with van der Waals surface area (Å²) in [5.41, 5.74) is 0.411. The van der Waals surface area contributed by atoms with Crippen molar-refractivity contribution in [2.75, 3.05) is 7.11 Å². The van der Waals surface area contributed by atoms with Crippen LogP contribution in [-0.2, 0) is 15.6 Å². The fraction of sp³-hybridized carbons (Fsp3) is 0.611. The molecule has 1 saturated carbocycles. The van der Waals surface area contributed by atoms with Crippen molar-refractivity contribution in [3.63, 3.8) is 0 Å². The molecule has 0 unspecified atom stereocenters. The van der Waals surface area contributed by atoms with Gasteiger partial charge in [0.05, 0.1) is 12.5 Å². The summed E-state index contributed by atoms with van der Waals surface area (Å²) in [6.07, 6.45) is 4.01. The lowest BCUT2D eigenvalue weighted by atomic mass is 9.68. The molecule has 0 aliphatic heterocycles. The molecular formula is C18H26O4. The Morgan fingerprint density at radius 2 is 1.77 bits per heavy atom. The second-order valence-electron chi connectivity index (χ2n) is 7.27. The Morgan fingerprint density at radius 3 is 2.23 bits per heavy atom. The van der Waals surface area contributed by atoms with E-state index in [0.717, 1.165) is 24.8 Å². The van der Waals surface area contributed by atoms with Gasteiger partial charge in [0.2, 0.25) is 0 Å².